The molecule has 1 atom stereocenters. The minimum atomic E-state index is -1.17. The van der Waals surface area contributed by atoms with Crippen molar-refractivity contribution in [1.29, 1.82) is 0 Å². The summed E-state index contributed by atoms with van der Waals surface area (Å²) in [5.41, 5.74) is 5.47. The molecule has 1 saturated carbocycles. The molecule has 9 nitrogen and oxygen atoms in total. The molecule has 51 heavy (non-hydrogen) atoms. The highest BCUT2D eigenvalue weighted by Gasteiger charge is 2.26. The molecular weight excluding hydrogens is 640 g/mol. The van der Waals surface area contributed by atoms with Crippen molar-refractivity contribution in [2.75, 3.05) is 0 Å². The van der Waals surface area contributed by atoms with Gasteiger partial charge in [0.2, 0.25) is 0 Å². The molecule has 8 rings (SSSR count). The number of carboxylic acid groups (broad SMARTS) is 1. The van der Waals surface area contributed by atoms with Crippen molar-refractivity contribution in [2.24, 2.45) is 0 Å². The van der Waals surface area contributed by atoms with Crippen molar-refractivity contribution in [3.05, 3.63) is 126 Å². The second kappa shape index (κ2) is 13.7. The SMILES string of the molecule is O=C(N[C@@H](Cc1c[nH]c2ccc(O)cc12)C(=O)O)c1ccc2c(c1)nc(-c1ccc(OCc3ccc4ccccc4c3)cc1)n2C1CCCCC1. The molecule has 0 unspecified atom stereocenters. The predicted molar refractivity (Wildman–Crippen MR) is 198 cm³/mol. The fourth-order valence-corrected chi connectivity index (χ4v) is 7.34. The Morgan fingerprint density at radius 2 is 1.71 bits per heavy atom. The van der Waals surface area contributed by atoms with Crippen LogP contribution in [0.1, 0.15) is 59.6 Å². The lowest BCUT2D eigenvalue weighted by molar-refractivity contribution is -0.139. The van der Waals surface area contributed by atoms with Crippen molar-refractivity contribution in [2.45, 2.75) is 57.2 Å². The lowest BCUT2D eigenvalue weighted by Gasteiger charge is -2.25. The number of amides is 1. The summed E-state index contributed by atoms with van der Waals surface area (Å²) in [6.45, 7) is 0.462. The molecule has 1 aliphatic rings. The summed E-state index contributed by atoms with van der Waals surface area (Å²) in [5.74, 6) is 0.0483. The molecule has 256 valence electrons. The zero-order chi connectivity index (χ0) is 34.9. The second-order valence-corrected chi connectivity index (χ2v) is 13.4. The minimum Gasteiger partial charge on any atom is -0.508 e. The van der Waals surface area contributed by atoms with Gasteiger partial charge in [0.05, 0.1) is 11.0 Å². The Labute approximate surface area is 294 Å². The number of aliphatic carboxylic acids is 1. The van der Waals surface area contributed by atoms with Crippen LogP contribution in [0, 0.1) is 0 Å². The van der Waals surface area contributed by atoms with Gasteiger partial charge in [0, 0.05) is 40.7 Å². The Kier molecular flexibility index (Phi) is 8.61. The standard InChI is InChI=1S/C42H38N4O5/c47-33-15-18-36-35(23-33)31(24-43-36)22-38(42(49)50)45-41(48)30-14-19-39-37(21-30)44-40(46(39)32-8-2-1-3-9-32)28-12-16-34(17-13-28)51-25-26-10-11-27-6-4-5-7-29(27)20-26/h4-7,10-21,23-24,32,38,43,47H,1-3,8-9,22,25H2,(H,45,48)(H,49,50)/t38-/m0/s1. The molecule has 9 heteroatoms. The summed E-state index contributed by atoms with van der Waals surface area (Å²) < 4.78 is 8.47. The Morgan fingerprint density at radius 1 is 0.902 bits per heavy atom. The van der Waals surface area contributed by atoms with E-state index in [1.807, 2.05) is 42.5 Å². The van der Waals surface area contributed by atoms with Crippen LogP contribution in [0.2, 0.25) is 0 Å². The van der Waals surface area contributed by atoms with Gasteiger partial charge in [-0.05, 0) is 101 Å². The van der Waals surface area contributed by atoms with E-state index in [0.717, 1.165) is 59.4 Å². The maximum Gasteiger partial charge on any atom is 0.326 e. The van der Waals surface area contributed by atoms with E-state index < -0.39 is 17.9 Å². The summed E-state index contributed by atoms with van der Waals surface area (Å²) in [6, 6.07) is 32.1. The number of phenols is 1. The van der Waals surface area contributed by atoms with Crippen LogP contribution in [0.3, 0.4) is 0 Å². The number of aromatic hydroxyl groups is 1. The highest BCUT2D eigenvalue weighted by Crippen LogP contribution is 2.37. The van der Waals surface area contributed by atoms with E-state index in [-0.39, 0.29) is 18.2 Å². The van der Waals surface area contributed by atoms with Gasteiger partial charge < -0.3 is 29.8 Å². The number of ether oxygens (including phenoxy) is 1. The van der Waals surface area contributed by atoms with E-state index in [1.54, 1.807) is 36.5 Å². The zero-order valence-corrected chi connectivity index (χ0v) is 28.0. The van der Waals surface area contributed by atoms with Crippen LogP contribution in [0.15, 0.2) is 109 Å². The number of nitrogens with zero attached hydrogens (tertiary/aromatic N) is 2. The fourth-order valence-electron chi connectivity index (χ4n) is 7.34. The molecular formula is C42H38N4O5. The van der Waals surface area contributed by atoms with Gasteiger partial charge in [0.25, 0.3) is 5.91 Å². The van der Waals surface area contributed by atoms with Gasteiger partial charge in [-0.2, -0.15) is 0 Å². The van der Waals surface area contributed by atoms with Gasteiger partial charge in [-0.25, -0.2) is 9.78 Å². The van der Waals surface area contributed by atoms with E-state index in [9.17, 15) is 19.8 Å². The lowest BCUT2D eigenvalue weighted by Crippen LogP contribution is -2.42. The number of aromatic nitrogens is 3. The number of benzene rings is 5. The van der Waals surface area contributed by atoms with Gasteiger partial charge in [0.15, 0.2) is 0 Å². The maximum absolute atomic E-state index is 13.5. The third-order valence-electron chi connectivity index (χ3n) is 10.0. The van der Waals surface area contributed by atoms with Crippen molar-refractivity contribution in [3.63, 3.8) is 0 Å². The van der Waals surface area contributed by atoms with Crippen molar-refractivity contribution >= 4 is 44.6 Å². The first-order valence-electron chi connectivity index (χ1n) is 17.5. The highest BCUT2D eigenvalue weighted by atomic mass is 16.5. The first-order chi connectivity index (χ1) is 24.9. The van der Waals surface area contributed by atoms with Crippen LogP contribution in [0.25, 0.3) is 44.1 Å². The third-order valence-corrected chi connectivity index (χ3v) is 10.0. The number of carbonyl (C=O) groups excluding carboxylic acids is 1. The van der Waals surface area contributed by atoms with Crippen LogP contribution < -0.4 is 10.1 Å². The van der Waals surface area contributed by atoms with Crippen LogP contribution >= 0.6 is 0 Å². The van der Waals surface area contributed by atoms with E-state index >= 15 is 0 Å². The average molecular weight is 679 g/mol. The van der Waals surface area contributed by atoms with E-state index in [1.165, 1.54) is 17.2 Å². The van der Waals surface area contributed by atoms with Gasteiger partial charge in [-0.15, -0.1) is 0 Å². The number of phenolic OH excluding ortho intramolecular Hbond substituents is 1. The summed E-state index contributed by atoms with van der Waals surface area (Å²) in [6.07, 6.45) is 7.39. The van der Waals surface area contributed by atoms with Crippen molar-refractivity contribution < 1.29 is 24.5 Å². The third kappa shape index (κ3) is 6.62. The molecule has 4 N–H and O–H groups in total. The molecule has 5 aromatic carbocycles. The molecule has 1 amide bonds. The summed E-state index contributed by atoms with van der Waals surface area (Å²) in [4.78, 5) is 34.0. The van der Waals surface area contributed by atoms with E-state index in [2.05, 4.69) is 45.2 Å². The highest BCUT2D eigenvalue weighted by molar-refractivity contribution is 6.00. The van der Waals surface area contributed by atoms with Crippen LogP contribution in [-0.2, 0) is 17.8 Å². The fraction of sp³-hybridized carbons (Fsp3) is 0.214. The van der Waals surface area contributed by atoms with Crippen molar-refractivity contribution in [3.8, 4) is 22.9 Å². The monoisotopic (exact) mass is 678 g/mol. The van der Waals surface area contributed by atoms with Gasteiger partial charge >= 0.3 is 5.97 Å². The Balaban J connectivity index is 1.04. The molecule has 2 aromatic heterocycles. The quantitative estimate of drug-likeness (QED) is 0.115. The molecule has 1 aliphatic carbocycles. The predicted octanol–water partition coefficient (Wildman–Crippen LogP) is 8.55. The number of rotatable bonds is 10. The number of carboxylic acids is 1. The average Bonchev–Trinajstić information content (AvgIpc) is 3.74. The molecule has 0 spiro atoms. The molecule has 0 radical (unpaired) electrons. The van der Waals surface area contributed by atoms with E-state index in [0.29, 0.717) is 28.6 Å². The Morgan fingerprint density at radius 3 is 2.51 bits per heavy atom. The second-order valence-electron chi connectivity index (χ2n) is 13.4. The normalized spacial score (nSPS) is 14.2. The zero-order valence-electron chi connectivity index (χ0n) is 28.0. The van der Waals surface area contributed by atoms with Crippen LogP contribution in [-0.4, -0.2) is 42.7 Å². The largest absolute Gasteiger partial charge is 0.508 e. The number of carbonyl (C=O) groups is 2. The smallest absolute Gasteiger partial charge is 0.326 e. The molecule has 7 aromatic rings. The maximum atomic E-state index is 13.5. The number of fused-ring (bicyclic) bond motifs is 3. The molecule has 2 heterocycles. The Hall–Kier alpha value is -6.09. The van der Waals surface area contributed by atoms with Gasteiger partial charge in [-0.1, -0.05) is 55.7 Å². The number of hydrogen-bond donors (Lipinski definition) is 4. The number of hydrogen-bond acceptors (Lipinski definition) is 5. The van der Waals surface area contributed by atoms with E-state index in [4.69, 9.17) is 9.72 Å². The molecule has 0 aliphatic heterocycles. The summed E-state index contributed by atoms with van der Waals surface area (Å²) >= 11 is 0. The molecule has 1 fully saturated rings. The first-order valence-corrected chi connectivity index (χ1v) is 17.5. The summed E-state index contributed by atoms with van der Waals surface area (Å²) in [5, 5.41) is 25.8. The summed E-state index contributed by atoms with van der Waals surface area (Å²) in [7, 11) is 0. The topological polar surface area (TPSA) is 129 Å². The lowest BCUT2D eigenvalue weighted by atomic mass is 9.94. The van der Waals surface area contributed by atoms with Crippen LogP contribution in [0.5, 0.6) is 11.5 Å². The minimum absolute atomic E-state index is 0.0508. The Bertz CT molecular complexity index is 2390. The molecule has 0 saturated heterocycles. The van der Waals surface area contributed by atoms with Gasteiger partial charge in [0.1, 0.15) is 30.0 Å². The number of aromatic amines is 1. The number of imidazole rings is 1. The number of H-pyrrole nitrogens is 1. The first kappa shape index (κ1) is 32.1. The van der Waals surface area contributed by atoms with Crippen LogP contribution in [0.4, 0.5) is 0 Å². The number of nitrogens with one attached hydrogen (secondary N) is 2. The molecule has 0 bridgehead atoms. The van der Waals surface area contributed by atoms with Gasteiger partial charge in [-0.3, -0.25) is 4.79 Å². The van der Waals surface area contributed by atoms with Crippen molar-refractivity contribution in [1.82, 2.24) is 19.9 Å².